The molecule has 2 nitrogen and oxygen atoms in total. The van der Waals surface area contributed by atoms with Crippen LogP contribution in [0.15, 0.2) is 109 Å². The van der Waals surface area contributed by atoms with Crippen LogP contribution in [0.2, 0.25) is 0 Å². The molecule has 0 atom stereocenters. The van der Waals surface area contributed by atoms with Crippen LogP contribution in [0.3, 0.4) is 0 Å². The van der Waals surface area contributed by atoms with Crippen LogP contribution in [0.5, 0.6) is 0 Å². The van der Waals surface area contributed by atoms with E-state index in [1.165, 1.54) is 21.5 Å². The van der Waals surface area contributed by atoms with E-state index < -0.39 is 0 Å². The molecule has 0 spiro atoms. The molecule has 1 radical (unpaired) electrons. The Morgan fingerprint density at radius 3 is 1.10 bits per heavy atom. The van der Waals surface area contributed by atoms with Gasteiger partial charge in [-0.3, -0.25) is 0 Å². The molecular weight excluding hydrogens is 363 g/mol. The number of nitrogens with one attached hydrogen (secondary N) is 2. The van der Waals surface area contributed by atoms with Crippen molar-refractivity contribution in [2.75, 3.05) is 10.6 Å². The third-order valence-corrected chi connectivity index (χ3v) is 4.96. The number of hydrogen-bond donors (Lipinski definition) is 2. The van der Waals surface area contributed by atoms with Gasteiger partial charge in [0.25, 0.3) is 0 Å². The van der Waals surface area contributed by atoms with Gasteiger partial charge in [0.05, 0.1) is 0 Å². The van der Waals surface area contributed by atoms with Crippen LogP contribution >= 0.6 is 0 Å². The predicted molar refractivity (Wildman–Crippen MR) is 127 cm³/mol. The largest absolute Gasteiger partial charge is 0.356 e. The molecule has 135 valence electrons. The number of benzene rings is 5. The van der Waals surface area contributed by atoms with Crippen molar-refractivity contribution < 1.29 is 0 Å². The quantitative estimate of drug-likeness (QED) is 0.323. The summed E-state index contributed by atoms with van der Waals surface area (Å²) in [6.45, 7) is 0. The van der Waals surface area contributed by atoms with Gasteiger partial charge >= 0.3 is 0 Å². The van der Waals surface area contributed by atoms with Gasteiger partial charge in [0, 0.05) is 52.3 Å². The van der Waals surface area contributed by atoms with Crippen molar-refractivity contribution >= 4 is 73.9 Å². The number of rotatable bonds is 4. The van der Waals surface area contributed by atoms with E-state index in [0.717, 1.165) is 22.7 Å². The van der Waals surface area contributed by atoms with Gasteiger partial charge < -0.3 is 10.6 Å². The Morgan fingerprint density at radius 1 is 0.345 bits per heavy atom. The first-order chi connectivity index (χ1) is 13.8. The first-order valence-electron chi connectivity index (χ1n) is 9.45. The summed E-state index contributed by atoms with van der Waals surface area (Å²) < 4.78 is 0. The van der Waals surface area contributed by atoms with Crippen molar-refractivity contribution in [1.29, 1.82) is 0 Å². The molecule has 0 saturated heterocycles. The summed E-state index contributed by atoms with van der Waals surface area (Å²) in [7, 11) is 0. The van der Waals surface area contributed by atoms with Gasteiger partial charge in [0.1, 0.15) is 0 Å². The van der Waals surface area contributed by atoms with Crippen molar-refractivity contribution in [3.63, 3.8) is 0 Å². The molecule has 5 rings (SSSR count). The second-order valence-electron chi connectivity index (χ2n) is 6.95. The van der Waals surface area contributed by atoms with E-state index in [-0.39, 0.29) is 29.6 Å². The molecule has 0 unspecified atom stereocenters. The Hall–Kier alpha value is -2.78. The Balaban J connectivity index is 0.00000205. The monoisotopic (exact) mass is 383 g/mol. The first-order valence-corrected chi connectivity index (χ1v) is 9.45. The molecule has 0 aromatic heterocycles. The molecule has 3 heteroatoms. The zero-order chi connectivity index (χ0) is 18.8. The maximum atomic E-state index is 3.48. The molecule has 29 heavy (non-hydrogen) atoms. The Labute approximate surface area is 192 Å². The molecule has 2 N–H and O–H groups in total. The van der Waals surface area contributed by atoms with E-state index in [1.54, 1.807) is 0 Å². The minimum atomic E-state index is 0. The van der Waals surface area contributed by atoms with Crippen LogP contribution in [0.1, 0.15) is 0 Å². The molecule has 0 bridgehead atoms. The maximum absolute atomic E-state index is 3.48. The van der Waals surface area contributed by atoms with Crippen LogP contribution in [0.4, 0.5) is 22.7 Å². The Kier molecular flexibility index (Phi) is 5.86. The van der Waals surface area contributed by atoms with Crippen molar-refractivity contribution in [1.82, 2.24) is 0 Å². The topological polar surface area (TPSA) is 24.1 Å². The van der Waals surface area contributed by atoms with Gasteiger partial charge in [-0.1, -0.05) is 60.7 Å². The van der Waals surface area contributed by atoms with Gasteiger partial charge in [-0.05, 0) is 70.1 Å². The zero-order valence-corrected chi connectivity index (χ0v) is 18.4. The SMILES string of the molecule is [Na].c1ccc2cc(Nc3ccc(Nc4ccc5ccccc5c4)cc3)ccc2c1. The summed E-state index contributed by atoms with van der Waals surface area (Å²) in [6, 6.07) is 38.1. The maximum Gasteiger partial charge on any atom is 0.0390 e. The zero-order valence-electron chi connectivity index (χ0n) is 16.4. The molecule has 0 aliphatic carbocycles. The average molecular weight is 383 g/mol. The standard InChI is InChI=1S/C26H20N2.Na/c1-3-7-21-17-25(11-9-19(21)5-1)27-23-13-15-24(16-14-23)28-26-12-10-20-6-2-4-8-22(20)18-26;/h1-18,27-28H;. The summed E-state index contributed by atoms with van der Waals surface area (Å²) >= 11 is 0. The minimum Gasteiger partial charge on any atom is -0.356 e. The fourth-order valence-electron chi connectivity index (χ4n) is 3.50. The predicted octanol–water partition coefficient (Wildman–Crippen LogP) is 7.10. The van der Waals surface area contributed by atoms with E-state index >= 15 is 0 Å². The normalized spacial score (nSPS) is 10.5. The van der Waals surface area contributed by atoms with Crippen LogP contribution in [-0.2, 0) is 0 Å². The van der Waals surface area contributed by atoms with E-state index in [4.69, 9.17) is 0 Å². The molecular formula is C26H20N2Na. The van der Waals surface area contributed by atoms with E-state index in [2.05, 4.69) is 120 Å². The average Bonchev–Trinajstić information content (AvgIpc) is 2.75. The van der Waals surface area contributed by atoms with E-state index in [9.17, 15) is 0 Å². The summed E-state index contributed by atoms with van der Waals surface area (Å²) in [5.74, 6) is 0. The second kappa shape index (κ2) is 8.71. The van der Waals surface area contributed by atoms with Crippen LogP contribution in [0.25, 0.3) is 21.5 Å². The molecule has 0 aliphatic rings. The van der Waals surface area contributed by atoms with Crippen molar-refractivity contribution in [3.05, 3.63) is 109 Å². The van der Waals surface area contributed by atoms with E-state index in [1.807, 2.05) is 0 Å². The number of hydrogen-bond acceptors (Lipinski definition) is 2. The molecule has 5 aromatic carbocycles. The summed E-state index contributed by atoms with van der Waals surface area (Å²) in [6.07, 6.45) is 0. The summed E-state index contributed by atoms with van der Waals surface area (Å²) in [4.78, 5) is 0. The third kappa shape index (κ3) is 4.46. The molecule has 0 aliphatic heterocycles. The van der Waals surface area contributed by atoms with Crippen LogP contribution < -0.4 is 10.6 Å². The van der Waals surface area contributed by atoms with E-state index in [0.29, 0.717) is 0 Å². The smallest absolute Gasteiger partial charge is 0.0390 e. The Bertz CT molecular complexity index is 1160. The number of fused-ring (bicyclic) bond motifs is 2. The summed E-state index contributed by atoms with van der Waals surface area (Å²) in [5, 5.41) is 11.9. The van der Waals surface area contributed by atoms with Gasteiger partial charge in [-0.25, -0.2) is 0 Å². The molecule has 0 saturated carbocycles. The number of anilines is 4. The second-order valence-corrected chi connectivity index (χ2v) is 6.95. The fourth-order valence-corrected chi connectivity index (χ4v) is 3.50. The summed E-state index contributed by atoms with van der Waals surface area (Å²) in [5.41, 5.74) is 4.32. The first kappa shape index (κ1) is 19.5. The third-order valence-electron chi connectivity index (χ3n) is 4.96. The van der Waals surface area contributed by atoms with Crippen LogP contribution in [-0.4, -0.2) is 29.6 Å². The minimum absolute atomic E-state index is 0. The molecule has 5 aromatic rings. The molecule has 0 fully saturated rings. The van der Waals surface area contributed by atoms with Gasteiger partial charge in [-0.15, -0.1) is 0 Å². The molecule has 0 amide bonds. The molecule has 0 heterocycles. The Morgan fingerprint density at radius 2 is 0.690 bits per heavy atom. The van der Waals surface area contributed by atoms with Gasteiger partial charge in [0.2, 0.25) is 0 Å². The van der Waals surface area contributed by atoms with Crippen molar-refractivity contribution in [2.45, 2.75) is 0 Å². The van der Waals surface area contributed by atoms with Gasteiger partial charge in [0.15, 0.2) is 0 Å². The van der Waals surface area contributed by atoms with Crippen LogP contribution in [0, 0.1) is 0 Å². The van der Waals surface area contributed by atoms with Crippen molar-refractivity contribution in [3.8, 4) is 0 Å². The van der Waals surface area contributed by atoms with Crippen molar-refractivity contribution in [2.24, 2.45) is 0 Å². The van der Waals surface area contributed by atoms with Gasteiger partial charge in [-0.2, -0.15) is 0 Å². The fraction of sp³-hybridized carbons (Fsp3) is 0.